The zero-order valence-electron chi connectivity index (χ0n) is 13.5. The van der Waals surface area contributed by atoms with Crippen LogP contribution in [0.3, 0.4) is 0 Å². The molecule has 1 aromatic rings. The minimum Gasteiger partial charge on any atom is -0.293 e. The topological polar surface area (TPSA) is 118 Å². The van der Waals surface area contributed by atoms with Crippen molar-refractivity contribution >= 4 is 11.8 Å². The standard InChI is InChI=1S/C20H12N4O2/c21-8-18(11-4-2-1-3-5-11)14-12-6-7-13(15(14)18)20(10-23)17(26)24-16(25)19(12,20)9-22/h1-7,12-15H,(H,24,25,26). The molecule has 5 aliphatic rings. The molecule has 0 aromatic heterocycles. The van der Waals surface area contributed by atoms with Crippen LogP contribution in [0.15, 0.2) is 42.5 Å². The smallest absolute Gasteiger partial charge is 0.249 e. The van der Waals surface area contributed by atoms with Crippen LogP contribution >= 0.6 is 0 Å². The summed E-state index contributed by atoms with van der Waals surface area (Å²) in [5.74, 6) is -3.24. The third kappa shape index (κ3) is 1.13. The molecule has 3 fully saturated rings. The molecule has 26 heavy (non-hydrogen) atoms. The molecule has 2 bridgehead atoms. The van der Waals surface area contributed by atoms with E-state index in [2.05, 4.69) is 11.4 Å². The Hall–Kier alpha value is -3.43. The zero-order valence-corrected chi connectivity index (χ0v) is 13.5. The van der Waals surface area contributed by atoms with Gasteiger partial charge in [0.2, 0.25) is 11.8 Å². The molecule has 2 saturated carbocycles. The quantitative estimate of drug-likeness (QED) is 0.608. The Kier molecular flexibility index (Phi) is 2.41. The molecule has 4 aliphatic carbocycles. The van der Waals surface area contributed by atoms with Crippen LogP contribution in [0.25, 0.3) is 0 Å². The summed E-state index contributed by atoms with van der Waals surface area (Å²) in [6.07, 6.45) is 3.54. The first kappa shape index (κ1) is 14.9. The second kappa shape index (κ2) is 4.21. The Morgan fingerprint density at radius 3 is 1.73 bits per heavy atom. The lowest BCUT2D eigenvalue weighted by Crippen LogP contribution is -2.58. The number of allylic oxidation sites excluding steroid dienone is 2. The van der Waals surface area contributed by atoms with Crippen LogP contribution in [-0.2, 0) is 15.0 Å². The number of benzene rings is 1. The van der Waals surface area contributed by atoms with Gasteiger partial charge in [0.1, 0.15) is 0 Å². The highest BCUT2D eigenvalue weighted by Crippen LogP contribution is 2.80. The first-order valence-corrected chi connectivity index (χ1v) is 8.39. The normalized spacial score (nSPS) is 46.3. The lowest BCUT2D eigenvalue weighted by molar-refractivity contribution is -0.136. The van der Waals surface area contributed by atoms with E-state index in [9.17, 15) is 25.4 Å². The van der Waals surface area contributed by atoms with Crippen molar-refractivity contribution in [2.45, 2.75) is 5.41 Å². The van der Waals surface area contributed by atoms with Crippen LogP contribution in [0.1, 0.15) is 5.56 Å². The van der Waals surface area contributed by atoms with Gasteiger partial charge in [0.15, 0.2) is 10.8 Å². The van der Waals surface area contributed by atoms with E-state index in [1.54, 1.807) is 12.2 Å². The van der Waals surface area contributed by atoms with Gasteiger partial charge >= 0.3 is 0 Å². The lowest BCUT2D eigenvalue weighted by Gasteiger charge is -2.47. The Balaban J connectivity index is 1.79. The fourth-order valence-corrected chi connectivity index (χ4v) is 5.99. The molecular formula is C20H12N4O2. The molecule has 1 saturated heterocycles. The van der Waals surface area contributed by atoms with E-state index in [1.165, 1.54) is 0 Å². The molecule has 2 amide bonds. The third-order valence-electron chi connectivity index (χ3n) is 6.98. The minimum atomic E-state index is -1.77. The maximum absolute atomic E-state index is 12.7. The maximum Gasteiger partial charge on any atom is 0.249 e. The third-order valence-corrected chi connectivity index (χ3v) is 6.98. The van der Waals surface area contributed by atoms with E-state index in [-0.39, 0.29) is 11.8 Å². The van der Waals surface area contributed by atoms with E-state index in [4.69, 9.17) is 0 Å². The molecule has 0 radical (unpaired) electrons. The molecule has 1 heterocycles. The van der Waals surface area contributed by atoms with Crippen molar-refractivity contribution in [1.29, 1.82) is 15.8 Å². The second-order valence-corrected chi connectivity index (χ2v) is 7.46. The van der Waals surface area contributed by atoms with Gasteiger partial charge in [0, 0.05) is 11.8 Å². The average Bonchev–Trinajstić information content (AvgIpc) is 3.32. The first-order chi connectivity index (χ1) is 12.6. The van der Waals surface area contributed by atoms with Crippen LogP contribution in [0.5, 0.6) is 0 Å². The van der Waals surface area contributed by atoms with Crippen molar-refractivity contribution in [3.05, 3.63) is 48.0 Å². The Morgan fingerprint density at radius 1 is 0.808 bits per heavy atom. The molecule has 0 spiro atoms. The van der Waals surface area contributed by atoms with Gasteiger partial charge < -0.3 is 0 Å². The van der Waals surface area contributed by atoms with Gasteiger partial charge in [-0.1, -0.05) is 42.5 Å². The minimum absolute atomic E-state index is 0.261. The average molecular weight is 340 g/mol. The van der Waals surface area contributed by atoms with Crippen LogP contribution < -0.4 is 5.32 Å². The van der Waals surface area contributed by atoms with Crippen molar-refractivity contribution in [3.63, 3.8) is 0 Å². The van der Waals surface area contributed by atoms with Crippen molar-refractivity contribution in [2.24, 2.45) is 34.5 Å². The van der Waals surface area contributed by atoms with Gasteiger partial charge in [0.25, 0.3) is 0 Å². The number of nitrogens with one attached hydrogen (secondary N) is 1. The molecule has 6 atom stereocenters. The van der Waals surface area contributed by atoms with Crippen molar-refractivity contribution in [1.82, 2.24) is 5.32 Å². The largest absolute Gasteiger partial charge is 0.293 e. The van der Waals surface area contributed by atoms with Gasteiger partial charge in [0.05, 0.1) is 23.6 Å². The Morgan fingerprint density at radius 2 is 1.31 bits per heavy atom. The van der Waals surface area contributed by atoms with E-state index >= 15 is 0 Å². The van der Waals surface area contributed by atoms with Crippen LogP contribution in [0, 0.1) is 68.5 Å². The molecular weight excluding hydrogens is 328 g/mol. The van der Waals surface area contributed by atoms with Gasteiger partial charge in [-0.05, 0) is 17.4 Å². The molecule has 1 aliphatic heterocycles. The second-order valence-electron chi connectivity index (χ2n) is 7.46. The highest BCUT2D eigenvalue weighted by Gasteiger charge is 2.89. The fraction of sp³-hybridized carbons (Fsp3) is 0.350. The molecule has 6 heteroatoms. The number of imide groups is 1. The van der Waals surface area contributed by atoms with Crippen LogP contribution in [0.4, 0.5) is 0 Å². The number of rotatable bonds is 1. The van der Waals surface area contributed by atoms with E-state index in [0.717, 1.165) is 5.56 Å². The summed E-state index contributed by atoms with van der Waals surface area (Å²) < 4.78 is 0. The molecule has 1 aromatic carbocycles. The number of hydrogen-bond acceptors (Lipinski definition) is 5. The number of amides is 2. The molecule has 6 rings (SSSR count). The summed E-state index contributed by atoms with van der Waals surface area (Å²) in [4.78, 5) is 25.4. The summed E-state index contributed by atoms with van der Waals surface area (Å²) in [6, 6.07) is 15.7. The van der Waals surface area contributed by atoms with Gasteiger partial charge in [-0.2, -0.15) is 15.8 Å². The highest BCUT2D eigenvalue weighted by atomic mass is 16.2. The lowest BCUT2D eigenvalue weighted by atomic mass is 9.47. The molecule has 6 unspecified atom stereocenters. The molecule has 124 valence electrons. The summed E-state index contributed by atoms with van der Waals surface area (Å²) in [5.41, 5.74) is -3.62. The first-order valence-electron chi connectivity index (χ1n) is 8.39. The molecule has 1 N–H and O–H groups in total. The number of nitrogens with zero attached hydrogens (tertiary/aromatic N) is 3. The SMILES string of the molecule is N#CC1(c2ccccc2)C2C1C1C=CC2C2(C#N)C(=O)NC(=O)C12C#N. The van der Waals surface area contributed by atoms with E-state index in [0.29, 0.717) is 0 Å². The maximum atomic E-state index is 12.7. The van der Waals surface area contributed by atoms with E-state index in [1.807, 2.05) is 42.5 Å². The fourth-order valence-electron chi connectivity index (χ4n) is 5.99. The van der Waals surface area contributed by atoms with Crippen molar-refractivity contribution < 1.29 is 9.59 Å². The van der Waals surface area contributed by atoms with Crippen molar-refractivity contribution in [3.8, 4) is 18.2 Å². The summed E-state index contributed by atoms with van der Waals surface area (Å²) in [6.45, 7) is 0. The Bertz CT molecular complexity index is 986. The summed E-state index contributed by atoms with van der Waals surface area (Å²) >= 11 is 0. The summed E-state index contributed by atoms with van der Waals surface area (Å²) in [5, 5.41) is 32.3. The molecule has 6 nitrogen and oxygen atoms in total. The Labute approximate surface area is 149 Å². The van der Waals surface area contributed by atoms with Crippen LogP contribution in [-0.4, -0.2) is 11.8 Å². The number of carbonyl (C=O) groups excluding carboxylic acids is 2. The van der Waals surface area contributed by atoms with E-state index < -0.39 is 39.9 Å². The van der Waals surface area contributed by atoms with Gasteiger partial charge in [-0.15, -0.1) is 0 Å². The van der Waals surface area contributed by atoms with Crippen molar-refractivity contribution in [2.75, 3.05) is 0 Å². The highest BCUT2D eigenvalue weighted by molar-refractivity contribution is 6.14. The van der Waals surface area contributed by atoms with Crippen LogP contribution in [0.2, 0.25) is 0 Å². The zero-order chi connectivity index (χ0) is 18.3. The number of hydrogen-bond donors (Lipinski definition) is 1. The predicted octanol–water partition coefficient (Wildman–Crippen LogP) is 1.19. The van der Waals surface area contributed by atoms with Gasteiger partial charge in [-0.25, -0.2) is 0 Å². The number of nitriles is 3. The number of carbonyl (C=O) groups is 2. The predicted molar refractivity (Wildman–Crippen MR) is 86.1 cm³/mol. The van der Waals surface area contributed by atoms with Gasteiger partial charge in [-0.3, -0.25) is 14.9 Å². The summed E-state index contributed by atoms with van der Waals surface area (Å²) in [7, 11) is 0. The monoisotopic (exact) mass is 340 g/mol.